The normalized spacial score (nSPS) is 10.5. The highest BCUT2D eigenvalue weighted by atomic mass is 79.9. The highest BCUT2D eigenvalue weighted by molar-refractivity contribution is 5.77. The molecule has 0 fully saturated rings. The molecule has 3 rings (SSSR count). The van der Waals surface area contributed by atoms with Crippen molar-refractivity contribution in [1.29, 1.82) is 0 Å². The molecule has 4 nitrogen and oxygen atoms in total. The predicted molar refractivity (Wildman–Crippen MR) is 108 cm³/mol. The van der Waals surface area contributed by atoms with Crippen molar-refractivity contribution in [2.75, 3.05) is 7.11 Å². The second-order valence-electron chi connectivity index (χ2n) is 6.05. The van der Waals surface area contributed by atoms with Crippen LogP contribution in [0.15, 0.2) is 67.3 Å². The minimum absolute atomic E-state index is 0. The van der Waals surface area contributed by atoms with Gasteiger partial charge in [0.1, 0.15) is 0 Å². The first kappa shape index (κ1) is 21.4. The summed E-state index contributed by atoms with van der Waals surface area (Å²) >= 11 is 0. The third-order valence-corrected chi connectivity index (χ3v) is 4.17. The lowest BCUT2D eigenvalue weighted by Gasteiger charge is -2.08. The van der Waals surface area contributed by atoms with Crippen molar-refractivity contribution in [2.45, 2.75) is 13.5 Å². The van der Waals surface area contributed by atoms with E-state index in [0.717, 1.165) is 23.3 Å². The van der Waals surface area contributed by atoms with Gasteiger partial charge in [0.2, 0.25) is 11.2 Å². The van der Waals surface area contributed by atoms with Crippen LogP contribution in [0, 0.1) is 0 Å². The number of halogens is 1. The molecule has 1 aromatic heterocycles. The molecule has 1 heterocycles. The maximum atomic E-state index is 11.2. The average molecular weight is 440 g/mol. The smallest absolute Gasteiger partial charge is 0.308 e. The predicted octanol–water partition coefficient (Wildman–Crippen LogP) is 1.42. The number of fused-ring (bicyclic) bond motifs is 1. The van der Waals surface area contributed by atoms with E-state index >= 15 is 0 Å². The number of methoxy groups -OCH3 is 1. The number of pyridine rings is 1. The second kappa shape index (κ2) is 9.85. The van der Waals surface area contributed by atoms with Gasteiger partial charge in [-0.15, -0.1) is 0 Å². The number of carbonyl (C=O) groups excluding carboxylic acids is 1. The lowest BCUT2D eigenvalue weighted by Crippen LogP contribution is -3.00. The number of nitrogens with zero attached hydrogens (tertiary/aromatic N) is 1. The van der Waals surface area contributed by atoms with E-state index in [4.69, 9.17) is 9.47 Å². The molecule has 0 amide bonds. The largest absolute Gasteiger partial charge is 1.00 e. The lowest BCUT2D eigenvalue weighted by molar-refractivity contribution is -0.662. The maximum Gasteiger partial charge on any atom is 0.308 e. The minimum atomic E-state index is -0.377. The average Bonchev–Trinajstić information content (AvgIpc) is 2.68. The van der Waals surface area contributed by atoms with Crippen LogP contribution >= 0.6 is 0 Å². The quantitative estimate of drug-likeness (QED) is 0.252. The van der Waals surface area contributed by atoms with E-state index in [9.17, 15) is 4.79 Å². The van der Waals surface area contributed by atoms with Gasteiger partial charge in [0.25, 0.3) is 0 Å². The molecule has 0 unspecified atom stereocenters. The number of aromatic nitrogens is 1. The fourth-order valence-corrected chi connectivity index (χ4v) is 2.97. The number of esters is 1. The zero-order valence-electron chi connectivity index (χ0n) is 15.9. The van der Waals surface area contributed by atoms with E-state index in [1.54, 1.807) is 13.2 Å². The van der Waals surface area contributed by atoms with Gasteiger partial charge in [0.05, 0.1) is 7.11 Å². The zero-order chi connectivity index (χ0) is 19.2. The molecule has 5 heteroatoms. The van der Waals surface area contributed by atoms with Crippen LogP contribution in [-0.4, -0.2) is 13.1 Å². The molecule has 0 aliphatic heterocycles. The number of allylic oxidation sites excluding steroid dienone is 1. The fourth-order valence-electron chi connectivity index (χ4n) is 2.97. The van der Waals surface area contributed by atoms with Crippen molar-refractivity contribution < 1.29 is 35.8 Å². The molecule has 2 aromatic carbocycles. The van der Waals surface area contributed by atoms with Crippen LogP contribution < -0.4 is 31.0 Å². The van der Waals surface area contributed by atoms with E-state index in [-0.39, 0.29) is 23.0 Å². The van der Waals surface area contributed by atoms with E-state index in [0.29, 0.717) is 11.5 Å². The van der Waals surface area contributed by atoms with Crippen LogP contribution in [0.5, 0.6) is 11.5 Å². The number of hydrogen-bond acceptors (Lipinski definition) is 3. The molecule has 3 aromatic rings. The van der Waals surface area contributed by atoms with E-state index in [1.807, 2.05) is 36.4 Å². The van der Waals surface area contributed by atoms with Gasteiger partial charge in [-0.2, -0.15) is 4.57 Å². The zero-order valence-corrected chi connectivity index (χ0v) is 17.5. The fraction of sp³-hybridized carbons (Fsp3) is 0.130. The molecule has 0 radical (unpaired) electrons. The molecule has 0 bridgehead atoms. The Morgan fingerprint density at radius 2 is 1.86 bits per heavy atom. The van der Waals surface area contributed by atoms with Crippen LogP contribution in [0.2, 0.25) is 0 Å². The van der Waals surface area contributed by atoms with Gasteiger partial charge in [-0.1, -0.05) is 24.8 Å². The van der Waals surface area contributed by atoms with E-state index in [2.05, 4.69) is 41.5 Å². The Labute approximate surface area is 175 Å². The van der Waals surface area contributed by atoms with Crippen LogP contribution in [0.25, 0.3) is 23.1 Å². The number of carbonyl (C=O) groups is 1. The third-order valence-electron chi connectivity index (χ3n) is 4.17. The van der Waals surface area contributed by atoms with E-state index in [1.165, 1.54) is 12.3 Å². The summed E-state index contributed by atoms with van der Waals surface area (Å²) in [4.78, 5) is 11.2. The van der Waals surface area contributed by atoms with Gasteiger partial charge in [-0.25, -0.2) is 0 Å². The Bertz CT molecular complexity index is 1030. The van der Waals surface area contributed by atoms with Gasteiger partial charge in [0.15, 0.2) is 18.0 Å². The molecule has 0 N–H and O–H groups in total. The summed E-state index contributed by atoms with van der Waals surface area (Å²) in [6.45, 7) is 5.96. The summed E-state index contributed by atoms with van der Waals surface area (Å²) in [7, 11) is 1.55. The molecule has 28 heavy (non-hydrogen) atoms. The molecular formula is C23H22BrNO3. The topological polar surface area (TPSA) is 39.4 Å². The van der Waals surface area contributed by atoms with Crippen molar-refractivity contribution in [3.8, 4) is 11.5 Å². The number of para-hydroxylation sites is 1. The number of benzene rings is 2. The molecule has 0 saturated heterocycles. The van der Waals surface area contributed by atoms with Crippen molar-refractivity contribution in [3.05, 3.63) is 78.5 Å². The van der Waals surface area contributed by atoms with Gasteiger partial charge < -0.3 is 26.5 Å². The second-order valence-corrected chi connectivity index (χ2v) is 6.05. The van der Waals surface area contributed by atoms with Crippen molar-refractivity contribution in [2.24, 2.45) is 0 Å². The summed E-state index contributed by atoms with van der Waals surface area (Å²) < 4.78 is 12.7. The minimum Gasteiger partial charge on any atom is -1.00 e. The molecule has 0 spiro atoms. The Morgan fingerprint density at radius 1 is 1.07 bits per heavy atom. The lowest BCUT2D eigenvalue weighted by atomic mass is 10.1. The van der Waals surface area contributed by atoms with Gasteiger partial charge in [-0.05, 0) is 42.0 Å². The summed E-state index contributed by atoms with van der Waals surface area (Å²) in [6, 6.07) is 17.9. The summed E-state index contributed by atoms with van der Waals surface area (Å²) in [5.74, 6) is 0.553. The Kier molecular flexibility index (Phi) is 7.52. The van der Waals surface area contributed by atoms with Crippen molar-refractivity contribution in [1.82, 2.24) is 0 Å². The highest BCUT2D eigenvalue weighted by Crippen LogP contribution is 2.29. The van der Waals surface area contributed by atoms with Gasteiger partial charge in [0, 0.05) is 30.5 Å². The molecule has 0 aliphatic rings. The molecule has 0 atom stereocenters. The number of rotatable bonds is 6. The Balaban J connectivity index is 0.00000280. The van der Waals surface area contributed by atoms with E-state index < -0.39 is 0 Å². The van der Waals surface area contributed by atoms with Crippen molar-refractivity contribution in [3.63, 3.8) is 0 Å². The van der Waals surface area contributed by atoms with Gasteiger partial charge >= 0.3 is 5.97 Å². The first-order valence-electron chi connectivity index (χ1n) is 8.69. The van der Waals surface area contributed by atoms with Crippen LogP contribution in [-0.2, 0) is 11.3 Å². The maximum absolute atomic E-state index is 11.2. The SMILES string of the molecule is C=CC[n+]1c(/C=C/c2ccc(OC(C)=O)c(OC)c2)ccc2ccccc21.[Br-]. The Hall–Kier alpha value is -2.92. The molecule has 144 valence electrons. The summed E-state index contributed by atoms with van der Waals surface area (Å²) in [5, 5.41) is 1.18. The Morgan fingerprint density at radius 3 is 2.57 bits per heavy atom. The van der Waals surface area contributed by atoms with Crippen LogP contribution in [0.3, 0.4) is 0 Å². The van der Waals surface area contributed by atoms with Gasteiger partial charge in [-0.3, -0.25) is 4.79 Å². The molecule has 0 aliphatic carbocycles. The molecular weight excluding hydrogens is 418 g/mol. The number of hydrogen-bond donors (Lipinski definition) is 0. The number of ether oxygens (including phenoxy) is 2. The van der Waals surface area contributed by atoms with Crippen LogP contribution in [0.4, 0.5) is 0 Å². The summed E-state index contributed by atoms with van der Waals surface area (Å²) in [6.07, 6.45) is 5.95. The monoisotopic (exact) mass is 439 g/mol. The van der Waals surface area contributed by atoms with Crippen LogP contribution in [0.1, 0.15) is 18.2 Å². The first-order valence-corrected chi connectivity index (χ1v) is 8.69. The molecule has 0 saturated carbocycles. The summed E-state index contributed by atoms with van der Waals surface area (Å²) in [5.41, 5.74) is 3.17. The van der Waals surface area contributed by atoms with Crippen molar-refractivity contribution >= 4 is 29.0 Å². The third kappa shape index (κ3) is 4.87. The highest BCUT2D eigenvalue weighted by Gasteiger charge is 2.12. The standard InChI is InChI=1S/C23H22NO3.BrH/c1-4-15-24-20(13-11-19-7-5-6-8-21(19)24)12-9-18-10-14-22(27-17(2)25)23(16-18)26-3;/h4-14,16H,1,15H2,2-3H3;1H/q+1;/p-1/b12-9+;. The first-order chi connectivity index (χ1) is 13.1.